The molecule has 1 aromatic carbocycles. The van der Waals surface area contributed by atoms with Crippen molar-refractivity contribution < 1.29 is 22.7 Å². The highest BCUT2D eigenvalue weighted by Crippen LogP contribution is 2.26. The van der Waals surface area contributed by atoms with Crippen LogP contribution in [0.2, 0.25) is 0 Å². The van der Waals surface area contributed by atoms with Gasteiger partial charge >= 0.3 is 5.97 Å². The number of benzene rings is 1. The van der Waals surface area contributed by atoms with Crippen LogP contribution in [0.4, 0.5) is 0 Å². The van der Waals surface area contributed by atoms with Gasteiger partial charge < -0.3 is 10.1 Å². The number of rotatable bonds is 7. The Balaban J connectivity index is 1.51. The van der Waals surface area contributed by atoms with Crippen molar-refractivity contribution in [1.29, 1.82) is 0 Å². The van der Waals surface area contributed by atoms with Crippen molar-refractivity contribution in [3.63, 3.8) is 0 Å². The lowest BCUT2D eigenvalue weighted by atomic mass is 9.98. The Morgan fingerprint density at radius 1 is 1.00 bits per heavy atom. The van der Waals surface area contributed by atoms with Crippen LogP contribution in [0.25, 0.3) is 0 Å². The van der Waals surface area contributed by atoms with Crippen molar-refractivity contribution in [3.05, 3.63) is 29.8 Å². The first-order valence-corrected chi connectivity index (χ1v) is 12.7. The molecule has 1 unspecified atom stereocenters. The lowest BCUT2D eigenvalue weighted by Crippen LogP contribution is -2.43. The average molecular weight is 451 g/mol. The average Bonchev–Trinajstić information content (AvgIpc) is 3.26. The summed E-state index contributed by atoms with van der Waals surface area (Å²) in [5.41, 5.74) is 1.09. The maximum absolute atomic E-state index is 12.9. The number of nitrogens with one attached hydrogen (secondary N) is 1. The largest absolute Gasteiger partial charge is 0.452 e. The minimum atomic E-state index is -3.59. The van der Waals surface area contributed by atoms with Gasteiger partial charge in [0.25, 0.3) is 5.91 Å². The van der Waals surface area contributed by atoms with Gasteiger partial charge in [0, 0.05) is 19.1 Å². The zero-order chi connectivity index (χ0) is 22.6. The molecule has 172 valence electrons. The summed E-state index contributed by atoms with van der Waals surface area (Å²) < 4.78 is 32.7. The number of hydrogen-bond acceptors (Lipinski definition) is 5. The summed E-state index contributed by atoms with van der Waals surface area (Å²) in [6.07, 6.45) is 4.11. The van der Waals surface area contributed by atoms with Crippen LogP contribution in [0, 0.1) is 5.92 Å². The number of carbonyl (C=O) groups is 2. The first kappa shape index (κ1) is 23.7. The summed E-state index contributed by atoms with van der Waals surface area (Å²) in [6, 6.07) is 7.17. The van der Waals surface area contributed by atoms with Gasteiger partial charge in [-0.25, -0.2) is 8.42 Å². The first-order chi connectivity index (χ1) is 14.7. The molecule has 3 rings (SSSR count). The number of amides is 1. The van der Waals surface area contributed by atoms with Crippen LogP contribution in [0.5, 0.6) is 0 Å². The van der Waals surface area contributed by atoms with Crippen molar-refractivity contribution in [1.82, 2.24) is 9.62 Å². The zero-order valence-corrected chi connectivity index (χ0v) is 19.5. The second-order valence-corrected chi connectivity index (χ2v) is 10.9. The third-order valence-electron chi connectivity index (χ3n) is 6.34. The van der Waals surface area contributed by atoms with Crippen LogP contribution >= 0.6 is 0 Å². The molecule has 0 spiro atoms. The summed E-state index contributed by atoms with van der Waals surface area (Å²) >= 11 is 0. The van der Waals surface area contributed by atoms with Crippen LogP contribution < -0.4 is 5.32 Å². The van der Waals surface area contributed by atoms with Crippen LogP contribution in [-0.4, -0.2) is 49.8 Å². The van der Waals surface area contributed by atoms with E-state index in [1.807, 2.05) is 12.1 Å². The van der Waals surface area contributed by atoms with Gasteiger partial charge in [0.05, 0.1) is 10.8 Å². The van der Waals surface area contributed by atoms with E-state index in [1.165, 1.54) is 4.31 Å². The van der Waals surface area contributed by atoms with Crippen LogP contribution in [0.3, 0.4) is 0 Å². The SMILES string of the molecule is CC(OC(=O)C1CCN(S(=O)(=O)c2ccc(C(C)C)cc2)CC1)C(=O)NC1CCCC1. The lowest BCUT2D eigenvalue weighted by Gasteiger charge is -2.30. The zero-order valence-electron chi connectivity index (χ0n) is 18.7. The summed E-state index contributed by atoms with van der Waals surface area (Å²) in [5, 5.41) is 2.94. The first-order valence-electron chi connectivity index (χ1n) is 11.3. The summed E-state index contributed by atoms with van der Waals surface area (Å²) in [7, 11) is -3.59. The molecule has 0 radical (unpaired) electrons. The third-order valence-corrected chi connectivity index (χ3v) is 8.25. The Morgan fingerprint density at radius 2 is 1.58 bits per heavy atom. The topological polar surface area (TPSA) is 92.8 Å². The fourth-order valence-electron chi connectivity index (χ4n) is 4.22. The standard InChI is InChI=1S/C23H34N2O5S/c1-16(2)18-8-10-21(11-9-18)31(28,29)25-14-12-19(13-15-25)23(27)30-17(3)22(26)24-20-6-4-5-7-20/h8-11,16-17,19-20H,4-7,12-15H2,1-3H3,(H,24,26). The number of hydrogen-bond donors (Lipinski definition) is 1. The Bertz CT molecular complexity index is 868. The highest BCUT2D eigenvalue weighted by Gasteiger charge is 2.34. The van der Waals surface area contributed by atoms with E-state index in [9.17, 15) is 18.0 Å². The molecule has 0 aromatic heterocycles. The van der Waals surface area contributed by atoms with E-state index >= 15 is 0 Å². The fourth-order valence-corrected chi connectivity index (χ4v) is 5.69. The van der Waals surface area contributed by atoms with Gasteiger partial charge in [-0.05, 0) is 56.2 Å². The number of nitrogens with zero attached hydrogens (tertiary/aromatic N) is 1. The molecule has 1 saturated heterocycles. The van der Waals surface area contributed by atoms with Gasteiger partial charge in [-0.1, -0.05) is 38.8 Å². The molecule has 1 amide bonds. The fraction of sp³-hybridized carbons (Fsp3) is 0.652. The third kappa shape index (κ3) is 5.86. The molecule has 1 aliphatic carbocycles. The molecule has 1 atom stereocenters. The van der Waals surface area contributed by atoms with Gasteiger partial charge in [0.1, 0.15) is 0 Å². The number of ether oxygens (including phenoxy) is 1. The Labute approximate surface area is 185 Å². The molecule has 1 saturated carbocycles. The molecule has 0 bridgehead atoms. The van der Waals surface area contributed by atoms with Gasteiger partial charge in [0.15, 0.2) is 6.10 Å². The summed E-state index contributed by atoms with van der Waals surface area (Å²) in [4.78, 5) is 25.0. The minimum Gasteiger partial charge on any atom is -0.452 e. The van der Waals surface area contributed by atoms with E-state index in [0.717, 1.165) is 31.2 Å². The van der Waals surface area contributed by atoms with Crippen molar-refractivity contribution in [2.75, 3.05) is 13.1 Å². The van der Waals surface area contributed by atoms with Crippen LogP contribution in [0.1, 0.15) is 70.8 Å². The van der Waals surface area contributed by atoms with Gasteiger partial charge in [0.2, 0.25) is 10.0 Å². The van der Waals surface area contributed by atoms with Gasteiger partial charge in [-0.2, -0.15) is 4.31 Å². The molecule has 2 aliphatic rings. The Kier molecular flexibility index (Phi) is 7.75. The maximum atomic E-state index is 12.9. The van der Waals surface area contributed by atoms with E-state index < -0.39 is 28.0 Å². The monoisotopic (exact) mass is 450 g/mol. The molecule has 1 heterocycles. The van der Waals surface area contributed by atoms with E-state index in [-0.39, 0.29) is 29.9 Å². The quantitative estimate of drug-likeness (QED) is 0.644. The van der Waals surface area contributed by atoms with E-state index in [4.69, 9.17) is 4.74 Å². The minimum absolute atomic E-state index is 0.178. The second kappa shape index (κ2) is 10.1. The van der Waals surface area contributed by atoms with Crippen LogP contribution in [0.15, 0.2) is 29.2 Å². The molecule has 1 N–H and O–H groups in total. The highest BCUT2D eigenvalue weighted by molar-refractivity contribution is 7.89. The summed E-state index contributed by atoms with van der Waals surface area (Å²) in [5.74, 6) is -0.741. The number of sulfonamides is 1. The lowest BCUT2D eigenvalue weighted by molar-refractivity contribution is -0.160. The molecule has 8 heteroatoms. The molecular formula is C23H34N2O5S. The molecule has 1 aliphatic heterocycles. The van der Waals surface area contributed by atoms with Crippen molar-refractivity contribution in [3.8, 4) is 0 Å². The van der Waals surface area contributed by atoms with E-state index in [0.29, 0.717) is 18.8 Å². The van der Waals surface area contributed by atoms with Crippen molar-refractivity contribution >= 4 is 21.9 Å². The predicted octanol–water partition coefficient (Wildman–Crippen LogP) is 3.20. The van der Waals surface area contributed by atoms with Crippen molar-refractivity contribution in [2.45, 2.75) is 82.3 Å². The number of carbonyl (C=O) groups excluding carboxylic acids is 2. The number of piperidine rings is 1. The number of esters is 1. The Hall–Kier alpha value is -1.93. The van der Waals surface area contributed by atoms with Gasteiger partial charge in [-0.15, -0.1) is 0 Å². The molecule has 31 heavy (non-hydrogen) atoms. The molecular weight excluding hydrogens is 416 g/mol. The normalized spacial score (nSPS) is 20.0. The highest BCUT2D eigenvalue weighted by atomic mass is 32.2. The van der Waals surface area contributed by atoms with Gasteiger partial charge in [-0.3, -0.25) is 9.59 Å². The molecule has 7 nitrogen and oxygen atoms in total. The second-order valence-electron chi connectivity index (χ2n) is 8.97. The molecule has 1 aromatic rings. The predicted molar refractivity (Wildman–Crippen MR) is 118 cm³/mol. The van der Waals surface area contributed by atoms with E-state index in [1.54, 1.807) is 19.1 Å². The van der Waals surface area contributed by atoms with Crippen LogP contribution in [-0.2, 0) is 24.3 Å². The van der Waals surface area contributed by atoms with E-state index in [2.05, 4.69) is 19.2 Å². The Morgan fingerprint density at radius 3 is 2.13 bits per heavy atom. The maximum Gasteiger partial charge on any atom is 0.309 e. The molecule has 2 fully saturated rings. The smallest absolute Gasteiger partial charge is 0.309 e. The summed E-state index contributed by atoms with van der Waals surface area (Å²) in [6.45, 7) is 6.23. The van der Waals surface area contributed by atoms with Crippen molar-refractivity contribution in [2.24, 2.45) is 5.92 Å².